The summed E-state index contributed by atoms with van der Waals surface area (Å²) in [5.74, 6) is 0.512. The Morgan fingerprint density at radius 2 is 2.29 bits per heavy atom. The van der Waals surface area contributed by atoms with Crippen molar-refractivity contribution in [1.82, 2.24) is 4.98 Å². The van der Waals surface area contributed by atoms with Crippen LogP contribution in [-0.2, 0) is 4.74 Å². The molecule has 4 nitrogen and oxygen atoms in total. The summed E-state index contributed by atoms with van der Waals surface area (Å²) >= 11 is 6.03. The topological polar surface area (TPSA) is 57.9 Å². The fourth-order valence-electron chi connectivity index (χ4n) is 1.39. The molecule has 0 radical (unpaired) electrons. The van der Waals surface area contributed by atoms with Crippen molar-refractivity contribution in [2.45, 2.75) is 26.4 Å². The number of rotatable bonds is 5. The van der Waals surface area contributed by atoms with Crippen LogP contribution in [0.25, 0.3) is 0 Å². The summed E-state index contributed by atoms with van der Waals surface area (Å²) in [6, 6.07) is 3.60. The number of pyridine rings is 1. The van der Waals surface area contributed by atoms with Gasteiger partial charge in [0.2, 0.25) is 0 Å². The molecule has 5 heteroatoms. The molecule has 0 aliphatic heterocycles. The molecule has 1 heterocycles. The highest BCUT2D eigenvalue weighted by atomic mass is 35.5. The standard InChI is InChI=1S/C12H16ClN3O/c1-4-17-12(2,3)8-16-11-10(13)9(7-14)5-6-15-11/h5-6H,4,8H2,1-3H3,(H,15,16). The van der Waals surface area contributed by atoms with Crippen LogP contribution in [0.4, 0.5) is 5.82 Å². The lowest BCUT2D eigenvalue weighted by Gasteiger charge is -2.25. The van der Waals surface area contributed by atoms with Gasteiger partial charge in [-0.05, 0) is 26.8 Å². The fourth-order valence-corrected chi connectivity index (χ4v) is 1.61. The van der Waals surface area contributed by atoms with Crippen molar-refractivity contribution in [2.24, 2.45) is 0 Å². The summed E-state index contributed by atoms with van der Waals surface area (Å²) in [6.45, 7) is 7.12. The number of anilines is 1. The molecule has 0 atom stereocenters. The Morgan fingerprint density at radius 1 is 1.59 bits per heavy atom. The van der Waals surface area contributed by atoms with Gasteiger partial charge in [0.05, 0.1) is 11.2 Å². The first-order valence-corrected chi connectivity index (χ1v) is 5.80. The van der Waals surface area contributed by atoms with Gasteiger partial charge in [-0.25, -0.2) is 4.98 Å². The predicted octanol–water partition coefficient (Wildman–Crippen LogP) is 2.83. The van der Waals surface area contributed by atoms with Crippen molar-refractivity contribution in [3.63, 3.8) is 0 Å². The highest BCUT2D eigenvalue weighted by molar-refractivity contribution is 6.34. The molecule has 1 aromatic rings. The van der Waals surface area contributed by atoms with Crippen molar-refractivity contribution in [3.05, 3.63) is 22.8 Å². The normalized spacial score (nSPS) is 11.0. The molecule has 0 bridgehead atoms. The molecule has 1 aromatic heterocycles. The van der Waals surface area contributed by atoms with Gasteiger partial charge in [-0.15, -0.1) is 0 Å². The number of nitrogens with zero attached hydrogens (tertiary/aromatic N) is 2. The van der Waals surface area contributed by atoms with Crippen molar-refractivity contribution in [1.29, 1.82) is 5.26 Å². The Morgan fingerprint density at radius 3 is 2.88 bits per heavy atom. The summed E-state index contributed by atoms with van der Waals surface area (Å²) in [5, 5.41) is 12.3. The summed E-state index contributed by atoms with van der Waals surface area (Å²) < 4.78 is 5.55. The summed E-state index contributed by atoms with van der Waals surface area (Å²) in [4.78, 5) is 4.10. The number of hydrogen-bond donors (Lipinski definition) is 1. The summed E-state index contributed by atoms with van der Waals surface area (Å²) in [6.07, 6.45) is 1.56. The third kappa shape index (κ3) is 3.88. The first-order chi connectivity index (χ1) is 8.00. The van der Waals surface area contributed by atoms with Gasteiger partial charge in [0.15, 0.2) is 0 Å². The van der Waals surface area contributed by atoms with Crippen LogP contribution >= 0.6 is 11.6 Å². The van der Waals surface area contributed by atoms with Gasteiger partial charge in [0.1, 0.15) is 16.9 Å². The van der Waals surface area contributed by atoms with E-state index in [1.165, 1.54) is 0 Å². The molecule has 0 saturated carbocycles. The maximum atomic E-state index is 8.84. The Balaban J connectivity index is 2.74. The Labute approximate surface area is 107 Å². The third-order valence-corrected chi connectivity index (χ3v) is 2.61. The molecule has 0 spiro atoms. The van der Waals surface area contributed by atoms with Crippen LogP contribution < -0.4 is 5.32 Å². The van der Waals surface area contributed by atoms with Crippen LogP contribution in [0.5, 0.6) is 0 Å². The Bertz CT molecular complexity index is 426. The Kier molecular flexibility index (Phi) is 4.73. The van der Waals surface area contributed by atoms with Crippen molar-refractivity contribution >= 4 is 17.4 Å². The minimum Gasteiger partial charge on any atom is -0.374 e. The molecule has 0 fully saturated rings. The van der Waals surface area contributed by atoms with Crippen molar-refractivity contribution in [3.8, 4) is 6.07 Å². The number of nitrogens with one attached hydrogen (secondary N) is 1. The molecule has 17 heavy (non-hydrogen) atoms. The minimum absolute atomic E-state index is 0.303. The molecule has 0 aliphatic rings. The molecule has 1 rings (SSSR count). The molecule has 1 N–H and O–H groups in total. The second-order valence-electron chi connectivity index (χ2n) is 4.18. The minimum atomic E-state index is -0.303. The maximum absolute atomic E-state index is 8.84. The van der Waals surface area contributed by atoms with E-state index in [1.54, 1.807) is 12.3 Å². The highest BCUT2D eigenvalue weighted by Crippen LogP contribution is 2.23. The lowest BCUT2D eigenvalue weighted by Crippen LogP contribution is -2.33. The number of hydrogen-bond acceptors (Lipinski definition) is 4. The summed E-state index contributed by atoms with van der Waals surface area (Å²) in [7, 11) is 0. The van der Waals surface area contributed by atoms with Crippen LogP contribution in [0.3, 0.4) is 0 Å². The van der Waals surface area contributed by atoms with Crippen LogP contribution in [0, 0.1) is 11.3 Å². The lowest BCUT2D eigenvalue weighted by atomic mass is 10.1. The molecule has 0 unspecified atom stereocenters. The fraction of sp³-hybridized carbons (Fsp3) is 0.500. The SMILES string of the molecule is CCOC(C)(C)CNc1nccc(C#N)c1Cl. The van der Waals surface area contributed by atoms with E-state index in [2.05, 4.69) is 10.3 Å². The van der Waals surface area contributed by atoms with E-state index in [-0.39, 0.29) is 5.60 Å². The molecular formula is C12H16ClN3O. The van der Waals surface area contributed by atoms with E-state index >= 15 is 0 Å². The van der Waals surface area contributed by atoms with Gasteiger partial charge in [-0.1, -0.05) is 11.6 Å². The highest BCUT2D eigenvalue weighted by Gasteiger charge is 2.18. The van der Waals surface area contributed by atoms with Crippen LogP contribution in [0.15, 0.2) is 12.3 Å². The zero-order valence-corrected chi connectivity index (χ0v) is 11.0. The van der Waals surface area contributed by atoms with E-state index in [9.17, 15) is 0 Å². The van der Waals surface area contributed by atoms with Crippen molar-refractivity contribution < 1.29 is 4.74 Å². The van der Waals surface area contributed by atoms with Crippen LogP contribution in [-0.4, -0.2) is 23.7 Å². The van der Waals surface area contributed by atoms with Gasteiger partial charge in [-0.2, -0.15) is 5.26 Å². The second kappa shape index (κ2) is 5.85. The number of aromatic nitrogens is 1. The van der Waals surface area contributed by atoms with Gasteiger partial charge in [0.25, 0.3) is 0 Å². The number of halogens is 1. The average molecular weight is 254 g/mol. The largest absolute Gasteiger partial charge is 0.374 e. The smallest absolute Gasteiger partial charge is 0.146 e. The molecule has 0 amide bonds. The van der Waals surface area contributed by atoms with E-state index in [4.69, 9.17) is 21.6 Å². The van der Waals surface area contributed by atoms with Gasteiger partial charge in [0, 0.05) is 19.3 Å². The first kappa shape index (κ1) is 13.8. The van der Waals surface area contributed by atoms with E-state index in [1.807, 2.05) is 26.8 Å². The Hall–Kier alpha value is -1.31. The van der Waals surface area contributed by atoms with Gasteiger partial charge >= 0.3 is 0 Å². The molecular weight excluding hydrogens is 238 g/mol. The van der Waals surface area contributed by atoms with E-state index < -0.39 is 0 Å². The van der Waals surface area contributed by atoms with E-state index in [0.717, 1.165) is 0 Å². The van der Waals surface area contributed by atoms with Crippen LogP contribution in [0.2, 0.25) is 5.02 Å². The van der Waals surface area contributed by atoms with Crippen molar-refractivity contribution in [2.75, 3.05) is 18.5 Å². The molecule has 0 aromatic carbocycles. The zero-order valence-electron chi connectivity index (χ0n) is 10.2. The molecule has 92 valence electrons. The van der Waals surface area contributed by atoms with E-state index in [0.29, 0.717) is 29.6 Å². The quantitative estimate of drug-likeness (QED) is 0.877. The first-order valence-electron chi connectivity index (χ1n) is 5.42. The third-order valence-electron chi connectivity index (χ3n) is 2.23. The van der Waals surface area contributed by atoms with Gasteiger partial charge in [-0.3, -0.25) is 0 Å². The zero-order chi connectivity index (χ0) is 12.9. The number of nitriles is 1. The lowest BCUT2D eigenvalue weighted by molar-refractivity contribution is 0.000645. The van der Waals surface area contributed by atoms with Crippen LogP contribution in [0.1, 0.15) is 26.3 Å². The second-order valence-corrected chi connectivity index (χ2v) is 4.56. The predicted molar refractivity (Wildman–Crippen MR) is 68.2 cm³/mol. The molecule has 0 aliphatic carbocycles. The monoisotopic (exact) mass is 253 g/mol. The van der Waals surface area contributed by atoms with Gasteiger partial charge < -0.3 is 10.1 Å². The molecule has 0 saturated heterocycles. The maximum Gasteiger partial charge on any atom is 0.146 e. The average Bonchev–Trinajstić information content (AvgIpc) is 2.28. The summed E-state index contributed by atoms with van der Waals surface area (Å²) in [5.41, 5.74) is 0.112. The number of ether oxygens (including phenoxy) is 1.